The van der Waals surface area contributed by atoms with E-state index in [0.717, 1.165) is 12.8 Å². The lowest BCUT2D eigenvalue weighted by molar-refractivity contribution is 0.569. The minimum atomic E-state index is -3.35. The van der Waals surface area contributed by atoms with Crippen LogP contribution in [0.5, 0.6) is 0 Å². The SMILES string of the molecule is O=S(=O)(NCC1(c2ccccc2)CC1)c1cccs1. The van der Waals surface area contributed by atoms with Gasteiger partial charge in [-0.25, -0.2) is 13.1 Å². The summed E-state index contributed by atoms with van der Waals surface area (Å²) in [6.45, 7) is 0.483. The van der Waals surface area contributed by atoms with Crippen LogP contribution < -0.4 is 4.72 Å². The van der Waals surface area contributed by atoms with E-state index in [9.17, 15) is 8.42 Å². The largest absolute Gasteiger partial charge is 0.250 e. The molecular weight excluding hydrogens is 278 g/mol. The van der Waals surface area contributed by atoms with Crippen molar-refractivity contribution < 1.29 is 8.42 Å². The summed E-state index contributed by atoms with van der Waals surface area (Å²) in [6, 6.07) is 13.5. The van der Waals surface area contributed by atoms with Gasteiger partial charge in [0.2, 0.25) is 10.0 Å². The van der Waals surface area contributed by atoms with Crippen molar-refractivity contribution >= 4 is 21.4 Å². The molecule has 1 N–H and O–H groups in total. The molecule has 0 radical (unpaired) electrons. The normalized spacial score (nSPS) is 17.3. The van der Waals surface area contributed by atoms with Gasteiger partial charge in [-0.1, -0.05) is 36.4 Å². The number of nitrogens with one attached hydrogen (secondary N) is 1. The molecule has 0 aliphatic heterocycles. The number of rotatable bonds is 5. The molecule has 0 spiro atoms. The number of hydrogen-bond acceptors (Lipinski definition) is 3. The van der Waals surface area contributed by atoms with E-state index in [1.807, 2.05) is 18.2 Å². The van der Waals surface area contributed by atoms with Gasteiger partial charge in [-0.3, -0.25) is 0 Å². The van der Waals surface area contributed by atoms with Crippen LogP contribution in [0.4, 0.5) is 0 Å². The van der Waals surface area contributed by atoms with Crippen LogP contribution in [-0.2, 0) is 15.4 Å². The monoisotopic (exact) mass is 293 g/mol. The molecule has 0 bridgehead atoms. The number of sulfonamides is 1. The summed E-state index contributed by atoms with van der Waals surface area (Å²) in [5, 5.41) is 1.78. The van der Waals surface area contributed by atoms with E-state index in [1.165, 1.54) is 16.9 Å². The molecule has 0 saturated heterocycles. The fourth-order valence-corrected chi connectivity index (χ4v) is 4.40. The average molecular weight is 293 g/mol. The molecule has 1 fully saturated rings. The molecule has 1 aromatic heterocycles. The Hall–Kier alpha value is -1.17. The third-order valence-corrected chi connectivity index (χ3v) is 6.40. The molecule has 1 aliphatic rings. The van der Waals surface area contributed by atoms with Gasteiger partial charge >= 0.3 is 0 Å². The molecule has 19 heavy (non-hydrogen) atoms. The van der Waals surface area contributed by atoms with Gasteiger partial charge < -0.3 is 0 Å². The van der Waals surface area contributed by atoms with Crippen molar-refractivity contribution in [3.05, 3.63) is 53.4 Å². The van der Waals surface area contributed by atoms with Gasteiger partial charge in [0.1, 0.15) is 4.21 Å². The van der Waals surface area contributed by atoms with Gasteiger partial charge in [-0.2, -0.15) is 0 Å². The van der Waals surface area contributed by atoms with Crippen molar-refractivity contribution in [2.45, 2.75) is 22.5 Å². The van der Waals surface area contributed by atoms with E-state index in [0.29, 0.717) is 10.8 Å². The molecule has 5 heteroatoms. The summed E-state index contributed by atoms with van der Waals surface area (Å²) in [4.78, 5) is 0. The average Bonchev–Trinajstić information content (AvgIpc) is 3.01. The second-order valence-corrected chi connectivity index (χ2v) is 7.84. The zero-order valence-electron chi connectivity index (χ0n) is 10.4. The Labute approximate surface area is 117 Å². The van der Waals surface area contributed by atoms with Crippen LogP contribution in [0.2, 0.25) is 0 Å². The quantitative estimate of drug-likeness (QED) is 0.921. The summed E-state index contributed by atoms with van der Waals surface area (Å²) < 4.78 is 27.3. The summed E-state index contributed by atoms with van der Waals surface area (Å²) in [5.74, 6) is 0. The molecule has 0 atom stereocenters. The highest BCUT2D eigenvalue weighted by molar-refractivity contribution is 7.91. The fourth-order valence-electron chi connectivity index (χ4n) is 2.23. The minimum Gasteiger partial charge on any atom is -0.210 e. The van der Waals surface area contributed by atoms with Crippen molar-refractivity contribution in [3.8, 4) is 0 Å². The molecule has 1 aliphatic carbocycles. The molecule has 100 valence electrons. The Balaban J connectivity index is 1.74. The first kappa shape index (κ1) is 12.8. The van der Waals surface area contributed by atoms with Gasteiger partial charge in [0.25, 0.3) is 0 Å². The van der Waals surface area contributed by atoms with E-state index in [-0.39, 0.29) is 5.41 Å². The Morgan fingerprint density at radius 2 is 1.84 bits per heavy atom. The third-order valence-electron chi connectivity index (χ3n) is 3.60. The van der Waals surface area contributed by atoms with Crippen LogP contribution in [0.1, 0.15) is 18.4 Å². The van der Waals surface area contributed by atoms with Crippen LogP contribution >= 0.6 is 11.3 Å². The van der Waals surface area contributed by atoms with E-state index in [4.69, 9.17) is 0 Å². The van der Waals surface area contributed by atoms with E-state index >= 15 is 0 Å². The second kappa shape index (κ2) is 4.74. The molecule has 0 amide bonds. The first-order valence-corrected chi connectivity index (χ1v) is 8.57. The van der Waals surface area contributed by atoms with Crippen molar-refractivity contribution in [3.63, 3.8) is 0 Å². The number of hydrogen-bond donors (Lipinski definition) is 1. The zero-order chi connectivity index (χ0) is 13.3. The number of thiophene rings is 1. The standard InChI is InChI=1S/C14H15NO2S2/c16-19(17,13-7-4-10-18-13)15-11-14(8-9-14)12-5-2-1-3-6-12/h1-7,10,15H,8-9,11H2. The molecule has 3 rings (SSSR count). The van der Waals surface area contributed by atoms with E-state index < -0.39 is 10.0 Å². The molecule has 2 aromatic rings. The lowest BCUT2D eigenvalue weighted by Gasteiger charge is -2.16. The maximum atomic E-state index is 12.1. The Morgan fingerprint density at radius 1 is 1.11 bits per heavy atom. The number of benzene rings is 1. The first-order chi connectivity index (χ1) is 9.12. The summed E-state index contributed by atoms with van der Waals surface area (Å²) in [6.07, 6.45) is 2.09. The molecule has 1 aromatic carbocycles. The molecule has 0 unspecified atom stereocenters. The second-order valence-electron chi connectivity index (χ2n) is 4.90. The van der Waals surface area contributed by atoms with Crippen molar-refractivity contribution in [1.82, 2.24) is 4.72 Å². The highest BCUT2D eigenvalue weighted by Gasteiger charge is 2.44. The van der Waals surface area contributed by atoms with Crippen molar-refractivity contribution in [1.29, 1.82) is 0 Å². The Morgan fingerprint density at radius 3 is 2.42 bits per heavy atom. The van der Waals surface area contributed by atoms with Crippen LogP contribution in [-0.4, -0.2) is 15.0 Å². The summed E-state index contributed by atoms with van der Waals surface area (Å²) in [5.41, 5.74) is 1.23. The van der Waals surface area contributed by atoms with Crippen molar-refractivity contribution in [2.75, 3.05) is 6.54 Å². The lowest BCUT2D eigenvalue weighted by atomic mass is 9.96. The summed E-state index contributed by atoms with van der Waals surface area (Å²) in [7, 11) is -3.35. The maximum Gasteiger partial charge on any atom is 0.250 e. The Bertz CT molecular complexity index is 644. The lowest BCUT2D eigenvalue weighted by Crippen LogP contribution is -2.31. The highest BCUT2D eigenvalue weighted by Crippen LogP contribution is 2.47. The van der Waals surface area contributed by atoms with Crippen LogP contribution in [0.3, 0.4) is 0 Å². The molecular formula is C14H15NO2S2. The molecule has 1 heterocycles. The summed E-state index contributed by atoms with van der Waals surface area (Å²) >= 11 is 1.25. The van der Waals surface area contributed by atoms with E-state index in [1.54, 1.807) is 17.5 Å². The van der Waals surface area contributed by atoms with Gasteiger partial charge in [-0.15, -0.1) is 11.3 Å². The van der Waals surface area contributed by atoms with Gasteiger partial charge in [0.15, 0.2) is 0 Å². The van der Waals surface area contributed by atoms with E-state index in [2.05, 4.69) is 16.9 Å². The van der Waals surface area contributed by atoms with Crippen LogP contribution in [0.15, 0.2) is 52.1 Å². The third kappa shape index (κ3) is 2.59. The van der Waals surface area contributed by atoms with Gasteiger partial charge in [0.05, 0.1) is 0 Å². The van der Waals surface area contributed by atoms with Gasteiger partial charge in [0, 0.05) is 12.0 Å². The topological polar surface area (TPSA) is 46.2 Å². The van der Waals surface area contributed by atoms with Crippen LogP contribution in [0, 0.1) is 0 Å². The van der Waals surface area contributed by atoms with Crippen molar-refractivity contribution in [2.24, 2.45) is 0 Å². The maximum absolute atomic E-state index is 12.1. The highest BCUT2D eigenvalue weighted by atomic mass is 32.2. The predicted octanol–water partition coefficient (Wildman–Crippen LogP) is 2.76. The fraction of sp³-hybridized carbons (Fsp3) is 0.286. The predicted molar refractivity (Wildman–Crippen MR) is 76.9 cm³/mol. The van der Waals surface area contributed by atoms with Gasteiger partial charge in [-0.05, 0) is 29.9 Å². The molecule has 1 saturated carbocycles. The smallest absolute Gasteiger partial charge is 0.210 e. The Kier molecular flexibility index (Phi) is 3.20. The van der Waals surface area contributed by atoms with Crippen LogP contribution in [0.25, 0.3) is 0 Å². The first-order valence-electron chi connectivity index (χ1n) is 6.21. The molecule has 3 nitrogen and oxygen atoms in total. The minimum absolute atomic E-state index is 0.00555. The zero-order valence-corrected chi connectivity index (χ0v) is 12.0.